The fourth-order valence-corrected chi connectivity index (χ4v) is 2.95. The first kappa shape index (κ1) is 14.1. The molecule has 0 saturated carbocycles. The Morgan fingerprint density at radius 3 is 2.58 bits per heavy atom. The molecule has 0 bridgehead atoms. The zero-order chi connectivity index (χ0) is 13.7. The molecule has 0 fully saturated rings. The lowest BCUT2D eigenvalue weighted by molar-refractivity contribution is 0.518. The molecule has 1 heterocycles. The zero-order valence-electron chi connectivity index (χ0n) is 11.9. The van der Waals surface area contributed by atoms with Crippen LogP contribution in [0.2, 0.25) is 0 Å². The van der Waals surface area contributed by atoms with Crippen molar-refractivity contribution in [3.63, 3.8) is 0 Å². The summed E-state index contributed by atoms with van der Waals surface area (Å²) in [4.78, 5) is 4.58. The summed E-state index contributed by atoms with van der Waals surface area (Å²) in [5, 5.41) is 6.72. The normalized spacial score (nSPS) is 11.5. The van der Waals surface area contributed by atoms with Crippen molar-refractivity contribution in [2.45, 2.75) is 45.6 Å². The summed E-state index contributed by atoms with van der Waals surface area (Å²) in [6, 6.07) is 10.6. The fraction of sp³-hybridized carbons (Fsp3) is 0.438. The van der Waals surface area contributed by atoms with Gasteiger partial charge in [0.15, 0.2) is 5.13 Å². The molecule has 0 radical (unpaired) electrons. The van der Waals surface area contributed by atoms with Gasteiger partial charge in [-0.1, -0.05) is 37.3 Å². The predicted octanol–water partition coefficient (Wildman–Crippen LogP) is 4.53. The minimum Gasteiger partial charge on any atom is -0.357 e. The Balaban J connectivity index is 1.91. The van der Waals surface area contributed by atoms with Crippen molar-refractivity contribution in [3.8, 4) is 0 Å². The Labute approximate surface area is 119 Å². The van der Waals surface area contributed by atoms with E-state index < -0.39 is 0 Å². The summed E-state index contributed by atoms with van der Waals surface area (Å²) in [7, 11) is 0. The number of hydrogen-bond donors (Lipinski definition) is 1. The Kier molecular flexibility index (Phi) is 4.59. The van der Waals surface area contributed by atoms with Crippen LogP contribution in [0.5, 0.6) is 0 Å². The van der Waals surface area contributed by atoms with Gasteiger partial charge in [-0.05, 0) is 38.7 Å². The summed E-state index contributed by atoms with van der Waals surface area (Å²) in [5.41, 5.74) is 2.63. The average molecular weight is 274 g/mol. The van der Waals surface area contributed by atoms with E-state index in [-0.39, 0.29) is 5.54 Å². The third-order valence-electron chi connectivity index (χ3n) is 3.24. The summed E-state index contributed by atoms with van der Waals surface area (Å²) in [5.74, 6) is 0. The molecule has 0 atom stereocenters. The van der Waals surface area contributed by atoms with Crippen LogP contribution in [0.15, 0.2) is 35.7 Å². The first-order valence-electron chi connectivity index (χ1n) is 6.85. The molecule has 102 valence electrons. The number of thiazole rings is 1. The molecule has 0 aliphatic heterocycles. The first-order chi connectivity index (χ1) is 9.09. The minimum atomic E-state index is 0.0682. The molecule has 0 saturated heterocycles. The molecule has 19 heavy (non-hydrogen) atoms. The molecule has 3 heteroatoms. The van der Waals surface area contributed by atoms with E-state index in [4.69, 9.17) is 0 Å². The van der Waals surface area contributed by atoms with Crippen molar-refractivity contribution < 1.29 is 0 Å². The second-order valence-corrected chi connectivity index (χ2v) is 6.35. The summed E-state index contributed by atoms with van der Waals surface area (Å²) in [6.07, 6.45) is 3.19. The third-order valence-corrected chi connectivity index (χ3v) is 4.05. The van der Waals surface area contributed by atoms with Gasteiger partial charge >= 0.3 is 0 Å². The molecule has 1 aromatic heterocycles. The predicted molar refractivity (Wildman–Crippen MR) is 84.0 cm³/mol. The highest BCUT2D eigenvalue weighted by atomic mass is 32.1. The molecule has 0 aliphatic rings. The quantitative estimate of drug-likeness (QED) is 0.837. The van der Waals surface area contributed by atoms with E-state index in [2.05, 4.69) is 66.8 Å². The van der Waals surface area contributed by atoms with Gasteiger partial charge in [-0.15, -0.1) is 11.3 Å². The van der Waals surface area contributed by atoms with E-state index >= 15 is 0 Å². The van der Waals surface area contributed by atoms with Crippen molar-refractivity contribution in [2.75, 3.05) is 5.32 Å². The zero-order valence-corrected chi connectivity index (χ0v) is 12.8. The molecule has 2 rings (SSSR count). The van der Waals surface area contributed by atoms with Gasteiger partial charge in [0.25, 0.3) is 0 Å². The maximum Gasteiger partial charge on any atom is 0.183 e. The van der Waals surface area contributed by atoms with Crippen molar-refractivity contribution >= 4 is 16.5 Å². The van der Waals surface area contributed by atoms with Crippen LogP contribution < -0.4 is 5.32 Å². The van der Waals surface area contributed by atoms with Crippen molar-refractivity contribution in [1.29, 1.82) is 0 Å². The van der Waals surface area contributed by atoms with Crippen LogP contribution in [0, 0.1) is 0 Å². The third kappa shape index (κ3) is 4.35. The Morgan fingerprint density at radius 1 is 1.21 bits per heavy atom. The highest BCUT2D eigenvalue weighted by molar-refractivity contribution is 7.13. The molecule has 0 amide bonds. The van der Waals surface area contributed by atoms with Gasteiger partial charge < -0.3 is 5.32 Å². The molecular weight excluding hydrogens is 252 g/mol. The van der Waals surface area contributed by atoms with Crippen LogP contribution in [0.3, 0.4) is 0 Å². The topological polar surface area (TPSA) is 24.9 Å². The standard InChI is InChI=1S/C16H22N2S/c1-4-14-12-19-15(17-14)18-16(2,3)11-10-13-8-6-5-7-9-13/h5-9,12H,4,10-11H2,1-3H3,(H,17,18). The lowest BCUT2D eigenvalue weighted by atomic mass is 9.95. The minimum absolute atomic E-state index is 0.0682. The highest BCUT2D eigenvalue weighted by Gasteiger charge is 2.18. The van der Waals surface area contributed by atoms with Gasteiger partial charge in [-0.3, -0.25) is 0 Å². The lowest BCUT2D eigenvalue weighted by Crippen LogP contribution is -2.31. The highest BCUT2D eigenvalue weighted by Crippen LogP contribution is 2.23. The van der Waals surface area contributed by atoms with Crippen LogP contribution in [0.4, 0.5) is 5.13 Å². The smallest absolute Gasteiger partial charge is 0.183 e. The average Bonchev–Trinajstić information content (AvgIpc) is 2.85. The summed E-state index contributed by atoms with van der Waals surface area (Å²) >= 11 is 1.70. The monoisotopic (exact) mass is 274 g/mol. The van der Waals surface area contributed by atoms with Gasteiger partial charge in [0.2, 0.25) is 0 Å². The van der Waals surface area contributed by atoms with E-state index in [1.54, 1.807) is 11.3 Å². The Bertz CT molecular complexity index is 502. The van der Waals surface area contributed by atoms with Gasteiger partial charge in [-0.2, -0.15) is 0 Å². The van der Waals surface area contributed by atoms with Crippen LogP contribution in [0.1, 0.15) is 38.4 Å². The summed E-state index contributed by atoms with van der Waals surface area (Å²) < 4.78 is 0. The van der Waals surface area contributed by atoms with E-state index in [1.807, 2.05) is 0 Å². The molecule has 1 N–H and O–H groups in total. The van der Waals surface area contributed by atoms with Crippen LogP contribution in [-0.4, -0.2) is 10.5 Å². The maximum absolute atomic E-state index is 4.58. The number of rotatable bonds is 6. The van der Waals surface area contributed by atoms with Crippen LogP contribution in [-0.2, 0) is 12.8 Å². The van der Waals surface area contributed by atoms with Gasteiger partial charge in [0, 0.05) is 10.9 Å². The van der Waals surface area contributed by atoms with E-state index in [0.717, 1.165) is 24.4 Å². The number of benzene rings is 1. The first-order valence-corrected chi connectivity index (χ1v) is 7.73. The molecule has 0 aliphatic carbocycles. The molecule has 2 nitrogen and oxygen atoms in total. The Hall–Kier alpha value is -1.35. The van der Waals surface area contributed by atoms with Crippen LogP contribution >= 0.6 is 11.3 Å². The van der Waals surface area contributed by atoms with Crippen LogP contribution in [0.25, 0.3) is 0 Å². The lowest BCUT2D eigenvalue weighted by Gasteiger charge is -2.26. The van der Waals surface area contributed by atoms with E-state index in [9.17, 15) is 0 Å². The fourth-order valence-electron chi connectivity index (χ4n) is 1.98. The molecule has 2 aromatic rings. The van der Waals surface area contributed by atoms with E-state index in [1.165, 1.54) is 11.3 Å². The summed E-state index contributed by atoms with van der Waals surface area (Å²) in [6.45, 7) is 6.62. The largest absolute Gasteiger partial charge is 0.357 e. The molecule has 0 unspecified atom stereocenters. The molecule has 1 aromatic carbocycles. The van der Waals surface area contributed by atoms with Crippen molar-refractivity contribution in [3.05, 3.63) is 47.0 Å². The van der Waals surface area contributed by atoms with Gasteiger partial charge in [-0.25, -0.2) is 4.98 Å². The number of hydrogen-bond acceptors (Lipinski definition) is 3. The maximum atomic E-state index is 4.58. The Morgan fingerprint density at radius 2 is 1.95 bits per heavy atom. The van der Waals surface area contributed by atoms with E-state index in [0.29, 0.717) is 0 Å². The van der Waals surface area contributed by atoms with Gasteiger partial charge in [0.1, 0.15) is 0 Å². The van der Waals surface area contributed by atoms with Crippen molar-refractivity contribution in [2.24, 2.45) is 0 Å². The van der Waals surface area contributed by atoms with Crippen molar-refractivity contribution in [1.82, 2.24) is 4.98 Å². The number of nitrogens with one attached hydrogen (secondary N) is 1. The number of aryl methyl sites for hydroxylation is 2. The number of anilines is 1. The molecular formula is C16H22N2S. The van der Waals surface area contributed by atoms with Gasteiger partial charge in [0.05, 0.1) is 5.69 Å². The molecule has 0 spiro atoms. The second kappa shape index (κ2) is 6.20. The second-order valence-electron chi connectivity index (χ2n) is 5.49. The number of nitrogens with zero attached hydrogens (tertiary/aromatic N) is 1. The SMILES string of the molecule is CCc1csc(NC(C)(C)CCc2ccccc2)n1. The number of aromatic nitrogens is 1.